The Labute approximate surface area is 150 Å². The third kappa shape index (κ3) is 4.04. The molecular weight excluding hydrogens is 328 g/mol. The van der Waals surface area contributed by atoms with E-state index < -0.39 is 5.91 Å². The van der Waals surface area contributed by atoms with Gasteiger partial charge in [-0.15, -0.1) is 0 Å². The Kier molecular flexibility index (Phi) is 5.22. The Morgan fingerprint density at radius 1 is 1.19 bits per heavy atom. The van der Waals surface area contributed by atoms with Crippen LogP contribution < -0.4 is 5.48 Å². The number of carbonyl (C=O) groups excluding carboxylic acids is 1. The van der Waals surface area contributed by atoms with E-state index in [0.717, 1.165) is 22.5 Å². The van der Waals surface area contributed by atoms with Gasteiger partial charge in [-0.1, -0.05) is 61.2 Å². The molecule has 26 heavy (non-hydrogen) atoms. The number of benzene rings is 2. The molecule has 0 saturated carbocycles. The molecule has 128 valence electrons. The number of amides is 1. The van der Waals surface area contributed by atoms with Gasteiger partial charge in [-0.05, 0) is 22.8 Å². The first-order valence-electron chi connectivity index (χ1n) is 7.92. The van der Waals surface area contributed by atoms with E-state index >= 15 is 0 Å². The molecule has 6 nitrogen and oxygen atoms in total. The van der Waals surface area contributed by atoms with Crippen LogP contribution in [0.15, 0.2) is 60.7 Å². The fourth-order valence-corrected chi connectivity index (χ4v) is 2.52. The summed E-state index contributed by atoms with van der Waals surface area (Å²) in [5, 5.41) is 8.47. The lowest BCUT2D eigenvalue weighted by Gasteiger charge is -1.99. The van der Waals surface area contributed by atoms with Gasteiger partial charge in [-0.3, -0.25) is 15.0 Å². The Morgan fingerprint density at radius 3 is 2.58 bits per heavy atom. The van der Waals surface area contributed by atoms with Crippen molar-refractivity contribution >= 4 is 17.8 Å². The molecule has 0 aliphatic carbocycles. The molecule has 0 saturated heterocycles. The van der Waals surface area contributed by atoms with E-state index in [0.29, 0.717) is 17.9 Å². The van der Waals surface area contributed by atoms with Crippen LogP contribution in [0.1, 0.15) is 17.0 Å². The van der Waals surface area contributed by atoms with E-state index in [1.807, 2.05) is 54.6 Å². The minimum Gasteiger partial charge on any atom is -0.362 e. The standard InChI is InChI=1S/C20H16N4O2/c1-21-20-19(16-5-3-2-4-6-16)22-17(23-20)13-15-9-7-14(8-10-15)11-12-18(25)24-26/h2-12,26H,13H2,(H,22,23)(H,24,25)/b12-11+. The van der Waals surface area contributed by atoms with Crippen LogP contribution in [0.4, 0.5) is 5.82 Å². The van der Waals surface area contributed by atoms with Gasteiger partial charge in [0, 0.05) is 6.08 Å². The second kappa shape index (κ2) is 7.92. The van der Waals surface area contributed by atoms with E-state index in [2.05, 4.69) is 14.8 Å². The SMILES string of the molecule is [C-]#[N+]c1[nH]c(Cc2ccc(/C=C/C(=O)NO)cc2)nc1-c1ccccc1. The maximum Gasteiger partial charge on any atom is 0.267 e. The van der Waals surface area contributed by atoms with Crippen LogP contribution in [0.3, 0.4) is 0 Å². The number of carbonyl (C=O) groups is 1. The van der Waals surface area contributed by atoms with E-state index in [1.54, 1.807) is 11.6 Å². The summed E-state index contributed by atoms with van der Waals surface area (Å²) in [6, 6.07) is 17.2. The summed E-state index contributed by atoms with van der Waals surface area (Å²) in [5.74, 6) is 0.573. The molecule has 0 unspecified atom stereocenters. The maximum absolute atomic E-state index is 11.0. The van der Waals surface area contributed by atoms with Gasteiger partial charge in [0.1, 0.15) is 0 Å². The van der Waals surface area contributed by atoms with Crippen molar-refractivity contribution in [2.75, 3.05) is 0 Å². The molecule has 1 aromatic heterocycles. The number of hydrogen-bond acceptors (Lipinski definition) is 3. The number of imidazole rings is 1. The fourth-order valence-electron chi connectivity index (χ4n) is 2.52. The number of H-pyrrole nitrogens is 1. The zero-order chi connectivity index (χ0) is 18.4. The summed E-state index contributed by atoms with van der Waals surface area (Å²) in [4.78, 5) is 22.2. The molecule has 0 radical (unpaired) electrons. The van der Waals surface area contributed by atoms with Crippen LogP contribution >= 0.6 is 0 Å². The van der Waals surface area contributed by atoms with Crippen molar-refractivity contribution in [2.45, 2.75) is 6.42 Å². The Hall–Kier alpha value is -3.69. The van der Waals surface area contributed by atoms with Crippen LogP contribution in [-0.2, 0) is 11.2 Å². The number of nitrogens with zero attached hydrogens (tertiary/aromatic N) is 2. The summed E-state index contributed by atoms with van der Waals surface area (Å²) in [6.45, 7) is 7.35. The predicted octanol–water partition coefficient (Wildman–Crippen LogP) is 3.74. The molecule has 3 rings (SSSR count). The van der Waals surface area contributed by atoms with Gasteiger partial charge >= 0.3 is 0 Å². The number of aromatic nitrogens is 2. The van der Waals surface area contributed by atoms with Crippen molar-refractivity contribution < 1.29 is 10.0 Å². The van der Waals surface area contributed by atoms with Crippen molar-refractivity contribution in [2.24, 2.45) is 0 Å². The Balaban J connectivity index is 1.77. The first-order chi connectivity index (χ1) is 12.7. The lowest BCUT2D eigenvalue weighted by molar-refractivity contribution is -0.124. The van der Waals surface area contributed by atoms with Crippen molar-refractivity contribution in [3.05, 3.63) is 89.0 Å². The van der Waals surface area contributed by atoms with Gasteiger partial charge in [0.2, 0.25) is 0 Å². The average molecular weight is 344 g/mol. The van der Waals surface area contributed by atoms with Crippen molar-refractivity contribution in [1.29, 1.82) is 0 Å². The molecule has 3 N–H and O–H groups in total. The van der Waals surface area contributed by atoms with Gasteiger partial charge in [-0.25, -0.2) is 10.5 Å². The molecule has 0 spiro atoms. The number of aromatic amines is 1. The second-order valence-corrected chi connectivity index (χ2v) is 5.59. The van der Waals surface area contributed by atoms with Gasteiger partial charge in [0.15, 0.2) is 5.82 Å². The molecule has 0 fully saturated rings. The zero-order valence-electron chi connectivity index (χ0n) is 13.8. The monoisotopic (exact) mass is 344 g/mol. The van der Waals surface area contributed by atoms with Crippen LogP contribution in [0.2, 0.25) is 0 Å². The minimum absolute atomic E-state index is 0.431. The fraction of sp³-hybridized carbons (Fsp3) is 0.0500. The van der Waals surface area contributed by atoms with Crippen LogP contribution in [-0.4, -0.2) is 21.1 Å². The highest BCUT2D eigenvalue weighted by molar-refractivity contribution is 5.90. The van der Waals surface area contributed by atoms with Gasteiger partial charge in [0.05, 0.1) is 12.1 Å². The van der Waals surface area contributed by atoms with E-state index in [1.165, 1.54) is 6.08 Å². The third-order valence-corrected chi connectivity index (χ3v) is 3.78. The highest BCUT2D eigenvalue weighted by Crippen LogP contribution is 2.28. The number of hydroxylamine groups is 1. The lowest BCUT2D eigenvalue weighted by atomic mass is 10.1. The van der Waals surface area contributed by atoms with Crippen molar-refractivity contribution in [3.63, 3.8) is 0 Å². The molecule has 1 amide bonds. The summed E-state index contributed by atoms with van der Waals surface area (Å²) in [5.41, 5.74) is 4.97. The third-order valence-electron chi connectivity index (χ3n) is 3.78. The second-order valence-electron chi connectivity index (χ2n) is 5.59. The van der Waals surface area contributed by atoms with Crippen LogP contribution in [0.25, 0.3) is 22.2 Å². The topological polar surface area (TPSA) is 82.4 Å². The van der Waals surface area contributed by atoms with Crippen LogP contribution in [0.5, 0.6) is 0 Å². The zero-order valence-corrected chi connectivity index (χ0v) is 13.8. The van der Waals surface area contributed by atoms with E-state index in [4.69, 9.17) is 11.8 Å². The molecule has 0 aliphatic heterocycles. The maximum atomic E-state index is 11.0. The normalized spacial score (nSPS) is 10.6. The highest BCUT2D eigenvalue weighted by atomic mass is 16.5. The molecule has 6 heteroatoms. The molecule has 0 aliphatic rings. The summed E-state index contributed by atoms with van der Waals surface area (Å²) < 4.78 is 0. The summed E-state index contributed by atoms with van der Waals surface area (Å²) in [7, 11) is 0. The number of rotatable bonds is 5. The van der Waals surface area contributed by atoms with Gasteiger partial charge < -0.3 is 4.85 Å². The first kappa shape index (κ1) is 17.1. The Bertz CT molecular complexity index is 967. The molecule has 0 bridgehead atoms. The Morgan fingerprint density at radius 2 is 1.92 bits per heavy atom. The quantitative estimate of drug-likeness (QED) is 0.285. The van der Waals surface area contributed by atoms with Crippen molar-refractivity contribution in [1.82, 2.24) is 15.4 Å². The van der Waals surface area contributed by atoms with E-state index in [9.17, 15) is 4.79 Å². The number of nitrogens with one attached hydrogen (secondary N) is 2. The molecule has 3 aromatic rings. The lowest BCUT2D eigenvalue weighted by Crippen LogP contribution is -2.14. The highest BCUT2D eigenvalue weighted by Gasteiger charge is 2.13. The molecule has 0 atom stereocenters. The first-order valence-corrected chi connectivity index (χ1v) is 7.92. The number of hydrogen-bond donors (Lipinski definition) is 3. The average Bonchev–Trinajstić information content (AvgIpc) is 3.10. The van der Waals surface area contributed by atoms with Gasteiger partial charge in [0.25, 0.3) is 11.7 Å². The largest absolute Gasteiger partial charge is 0.362 e. The smallest absolute Gasteiger partial charge is 0.267 e. The van der Waals surface area contributed by atoms with Crippen molar-refractivity contribution in [3.8, 4) is 11.3 Å². The van der Waals surface area contributed by atoms with Crippen LogP contribution in [0, 0.1) is 6.57 Å². The molecule has 1 heterocycles. The molecular formula is C20H16N4O2. The van der Waals surface area contributed by atoms with E-state index in [-0.39, 0.29) is 0 Å². The molecule has 2 aromatic carbocycles. The summed E-state index contributed by atoms with van der Waals surface area (Å²) >= 11 is 0. The summed E-state index contributed by atoms with van der Waals surface area (Å²) in [6.07, 6.45) is 3.42. The minimum atomic E-state index is -0.579. The predicted molar refractivity (Wildman–Crippen MR) is 98.5 cm³/mol. The van der Waals surface area contributed by atoms with Gasteiger partial charge in [-0.2, -0.15) is 0 Å².